The Labute approximate surface area is 154 Å². The number of benzene rings is 2. The Morgan fingerprint density at radius 3 is 2.64 bits per heavy atom. The molecule has 0 saturated carbocycles. The summed E-state index contributed by atoms with van der Waals surface area (Å²) >= 11 is 3.23. The quantitative estimate of drug-likeness (QED) is 0.800. The lowest BCUT2D eigenvalue weighted by molar-refractivity contribution is -0.115. The first-order valence-corrected chi connectivity index (χ1v) is 9.95. The Kier molecular flexibility index (Phi) is 5.12. The van der Waals surface area contributed by atoms with Gasteiger partial charge >= 0.3 is 10.2 Å². The van der Waals surface area contributed by atoms with Crippen LogP contribution in [0.25, 0.3) is 10.8 Å². The van der Waals surface area contributed by atoms with Crippen molar-refractivity contribution >= 4 is 42.8 Å². The van der Waals surface area contributed by atoms with Gasteiger partial charge < -0.3 is 4.74 Å². The van der Waals surface area contributed by atoms with Crippen LogP contribution in [0.15, 0.2) is 52.6 Å². The summed E-state index contributed by atoms with van der Waals surface area (Å²) < 4.78 is 33.3. The van der Waals surface area contributed by atoms with Gasteiger partial charge in [-0.1, -0.05) is 42.5 Å². The Morgan fingerprint density at radius 2 is 1.88 bits per heavy atom. The van der Waals surface area contributed by atoms with E-state index in [0.717, 1.165) is 20.6 Å². The normalized spacial score (nSPS) is 17.0. The number of hydrogen-bond acceptors (Lipinski definition) is 4. The van der Waals surface area contributed by atoms with Gasteiger partial charge in [-0.15, -0.1) is 0 Å². The van der Waals surface area contributed by atoms with Crippen LogP contribution in [-0.2, 0) is 26.2 Å². The molecular formula is C17H17BrN2O4S. The van der Waals surface area contributed by atoms with E-state index >= 15 is 0 Å². The van der Waals surface area contributed by atoms with Gasteiger partial charge in [0.25, 0.3) is 5.91 Å². The number of nitrogens with one attached hydrogen (secondary N) is 1. The Balaban J connectivity index is 2.07. The summed E-state index contributed by atoms with van der Waals surface area (Å²) in [6.45, 7) is 1.98. The fourth-order valence-corrected chi connectivity index (χ4v) is 4.52. The number of carbonyl (C=O) groups excluding carboxylic acids is 1. The molecule has 0 atom stereocenters. The lowest BCUT2D eigenvalue weighted by Gasteiger charge is -2.31. The molecule has 2 aromatic carbocycles. The average Bonchev–Trinajstić information content (AvgIpc) is 2.59. The molecule has 8 heteroatoms. The van der Waals surface area contributed by atoms with Crippen LogP contribution in [0.4, 0.5) is 0 Å². The van der Waals surface area contributed by atoms with Gasteiger partial charge in [0, 0.05) is 13.0 Å². The SMILES string of the molecule is CCOCN1C(Cc2cccc3ccccc23)=C(Br)C(=O)NS1(=O)=O. The van der Waals surface area contributed by atoms with Crippen LogP contribution in [0.3, 0.4) is 0 Å². The van der Waals surface area contributed by atoms with Crippen LogP contribution >= 0.6 is 15.9 Å². The molecule has 6 nitrogen and oxygen atoms in total. The van der Waals surface area contributed by atoms with E-state index in [4.69, 9.17) is 4.74 Å². The number of hydrogen-bond donors (Lipinski definition) is 1. The maximum Gasteiger partial charge on any atom is 0.328 e. The van der Waals surface area contributed by atoms with Crippen molar-refractivity contribution in [3.63, 3.8) is 0 Å². The summed E-state index contributed by atoms with van der Waals surface area (Å²) in [5.74, 6) is -0.678. The molecule has 132 valence electrons. The largest absolute Gasteiger partial charge is 0.360 e. The summed E-state index contributed by atoms with van der Waals surface area (Å²) in [6, 6.07) is 13.7. The van der Waals surface area contributed by atoms with Crippen molar-refractivity contribution in [3.8, 4) is 0 Å². The molecule has 3 rings (SSSR count). The summed E-state index contributed by atoms with van der Waals surface area (Å²) in [4.78, 5) is 12.0. The van der Waals surface area contributed by atoms with Crippen molar-refractivity contribution in [1.29, 1.82) is 0 Å². The van der Waals surface area contributed by atoms with Crippen molar-refractivity contribution in [3.05, 3.63) is 58.2 Å². The summed E-state index contributed by atoms with van der Waals surface area (Å²) in [6.07, 6.45) is 0.279. The molecule has 0 unspecified atom stereocenters. The van der Waals surface area contributed by atoms with Crippen molar-refractivity contribution in [2.75, 3.05) is 13.3 Å². The monoisotopic (exact) mass is 424 g/mol. The zero-order valence-corrected chi connectivity index (χ0v) is 15.9. The minimum atomic E-state index is -3.98. The first-order valence-electron chi connectivity index (χ1n) is 7.72. The van der Waals surface area contributed by atoms with Gasteiger partial charge in [0.2, 0.25) is 0 Å². The predicted octanol–water partition coefficient (Wildman–Crippen LogP) is 2.66. The highest BCUT2D eigenvalue weighted by molar-refractivity contribution is 9.12. The number of fused-ring (bicyclic) bond motifs is 1. The van der Waals surface area contributed by atoms with E-state index in [0.29, 0.717) is 12.3 Å². The zero-order valence-electron chi connectivity index (χ0n) is 13.5. The number of amides is 1. The number of carbonyl (C=O) groups is 1. The van der Waals surface area contributed by atoms with E-state index in [2.05, 4.69) is 15.9 Å². The standard InChI is InChI=1S/C17H17BrN2O4S/c1-2-24-11-20-15(16(18)17(21)19-25(20,22)23)10-13-8-5-7-12-6-3-4-9-14(12)13/h3-9H,2,10-11H2,1H3,(H,19,21). The number of ether oxygens (including phenoxy) is 1. The molecule has 0 radical (unpaired) electrons. The van der Waals surface area contributed by atoms with Crippen LogP contribution in [0, 0.1) is 0 Å². The first kappa shape index (κ1) is 17.9. The van der Waals surface area contributed by atoms with E-state index in [1.54, 1.807) is 6.92 Å². The average molecular weight is 425 g/mol. The molecule has 0 aromatic heterocycles. The Hall–Kier alpha value is -1.90. The van der Waals surface area contributed by atoms with Gasteiger partial charge in [-0.05, 0) is 39.2 Å². The van der Waals surface area contributed by atoms with Gasteiger partial charge in [-0.2, -0.15) is 8.42 Å². The molecule has 1 amide bonds. The van der Waals surface area contributed by atoms with Crippen molar-refractivity contribution in [1.82, 2.24) is 9.03 Å². The second-order valence-corrected chi connectivity index (χ2v) is 7.87. The molecular weight excluding hydrogens is 408 g/mol. The lowest BCUT2D eigenvalue weighted by atomic mass is 10.0. The molecule has 0 aliphatic carbocycles. The van der Waals surface area contributed by atoms with Gasteiger partial charge in [0.1, 0.15) is 11.2 Å². The van der Waals surface area contributed by atoms with E-state index in [9.17, 15) is 13.2 Å². The third-order valence-corrected chi connectivity index (χ3v) is 6.08. The second-order valence-electron chi connectivity index (χ2n) is 5.48. The Bertz CT molecular complexity index is 951. The second kappa shape index (κ2) is 7.15. The molecule has 1 aliphatic rings. The van der Waals surface area contributed by atoms with E-state index < -0.39 is 16.1 Å². The molecule has 0 bridgehead atoms. The van der Waals surface area contributed by atoms with Crippen molar-refractivity contribution in [2.24, 2.45) is 0 Å². The molecule has 1 N–H and O–H groups in total. The van der Waals surface area contributed by atoms with Crippen LogP contribution in [0.2, 0.25) is 0 Å². The number of halogens is 1. The van der Waals surface area contributed by atoms with E-state index in [1.807, 2.05) is 47.2 Å². The fourth-order valence-electron chi connectivity index (χ4n) is 2.72. The van der Waals surface area contributed by atoms with Crippen LogP contribution in [-0.4, -0.2) is 32.0 Å². The topological polar surface area (TPSA) is 75.7 Å². The summed E-state index contributed by atoms with van der Waals surface area (Å²) in [5, 5.41) is 2.06. The third kappa shape index (κ3) is 3.56. The predicted molar refractivity (Wildman–Crippen MR) is 99.0 cm³/mol. The molecule has 2 aromatic rings. The molecule has 0 spiro atoms. The van der Waals surface area contributed by atoms with Crippen LogP contribution in [0.1, 0.15) is 12.5 Å². The van der Waals surface area contributed by atoms with Gasteiger partial charge in [-0.25, -0.2) is 9.03 Å². The third-order valence-electron chi connectivity index (χ3n) is 3.92. The number of rotatable bonds is 5. The number of nitrogens with zero attached hydrogens (tertiary/aromatic N) is 1. The van der Waals surface area contributed by atoms with Crippen LogP contribution in [0.5, 0.6) is 0 Å². The van der Waals surface area contributed by atoms with Crippen molar-refractivity contribution in [2.45, 2.75) is 13.3 Å². The van der Waals surface area contributed by atoms with E-state index in [-0.39, 0.29) is 17.6 Å². The molecule has 0 fully saturated rings. The maximum atomic E-state index is 12.4. The molecule has 1 heterocycles. The summed E-state index contributed by atoms with van der Waals surface area (Å²) in [7, 11) is -3.98. The first-order chi connectivity index (χ1) is 11.9. The Morgan fingerprint density at radius 1 is 1.16 bits per heavy atom. The van der Waals surface area contributed by atoms with Crippen LogP contribution < -0.4 is 4.72 Å². The zero-order chi connectivity index (χ0) is 18.0. The van der Waals surface area contributed by atoms with Gasteiger partial charge in [-0.3, -0.25) is 4.79 Å². The highest BCUT2D eigenvalue weighted by Crippen LogP contribution is 2.29. The molecule has 1 aliphatic heterocycles. The number of allylic oxidation sites excluding steroid dienone is 1. The summed E-state index contributed by atoms with van der Waals surface area (Å²) in [5.41, 5.74) is 1.28. The van der Waals surface area contributed by atoms with Gasteiger partial charge in [0.05, 0.1) is 5.70 Å². The van der Waals surface area contributed by atoms with E-state index in [1.165, 1.54) is 0 Å². The minimum absolute atomic E-state index is 0.158. The molecule has 25 heavy (non-hydrogen) atoms. The lowest BCUT2D eigenvalue weighted by Crippen LogP contribution is -2.49. The smallest absolute Gasteiger partial charge is 0.328 e. The molecule has 0 saturated heterocycles. The maximum absolute atomic E-state index is 12.4. The highest BCUT2D eigenvalue weighted by Gasteiger charge is 2.35. The minimum Gasteiger partial charge on any atom is -0.360 e. The fraction of sp³-hybridized carbons (Fsp3) is 0.235. The highest BCUT2D eigenvalue weighted by atomic mass is 79.9. The van der Waals surface area contributed by atoms with Gasteiger partial charge in [0.15, 0.2) is 0 Å². The van der Waals surface area contributed by atoms with Crippen molar-refractivity contribution < 1.29 is 17.9 Å².